The molecule has 0 aliphatic carbocycles. The van der Waals surface area contributed by atoms with Gasteiger partial charge in [0.15, 0.2) is 0 Å². The Bertz CT molecular complexity index is 1040. The number of hydrogen-bond donors (Lipinski definition) is 7. The summed E-state index contributed by atoms with van der Waals surface area (Å²) < 4.78 is 0. The molecule has 2 aromatic rings. The summed E-state index contributed by atoms with van der Waals surface area (Å²) in [4.78, 5) is 50.7. The molecule has 0 fully saturated rings. The van der Waals surface area contributed by atoms with Crippen molar-refractivity contribution in [2.75, 3.05) is 12.3 Å². The second-order valence-corrected chi connectivity index (χ2v) is 9.34. The van der Waals surface area contributed by atoms with Gasteiger partial charge in [0.25, 0.3) is 0 Å². The van der Waals surface area contributed by atoms with Crippen LogP contribution >= 0.6 is 12.6 Å². The number of carboxylic acid groups (broad SMARTS) is 1. The van der Waals surface area contributed by atoms with Crippen LogP contribution in [0.1, 0.15) is 30.4 Å². The third kappa shape index (κ3) is 10.5. The number of nitrogens with two attached hydrogens (primary N) is 2. The van der Waals surface area contributed by atoms with Crippen molar-refractivity contribution in [3.05, 3.63) is 71.8 Å². The van der Waals surface area contributed by atoms with Crippen molar-refractivity contribution in [2.24, 2.45) is 11.5 Å². The van der Waals surface area contributed by atoms with E-state index in [4.69, 9.17) is 11.5 Å². The highest BCUT2D eigenvalue weighted by molar-refractivity contribution is 7.80. The Morgan fingerprint density at radius 3 is 1.71 bits per heavy atom. The molecule has 206 valence electrons. The van der Waals surface area contributed by atoms with Crippen LogP contribution < -0.4 is 27.4 Å². The summed E-state index contributed by atoms with van der Waals surface area (Å²) in [5.74, 6) is -3.02. The van der Waals surface area contributed by atoms with E-state index in [2.05, 4.69) is 28.6 Å². The van der Waals surface area contributed by atoms with Gasteiger partial charge in [-0.25, -0.2) is 4.79 Å². The van der Waals surface area contributed by atoms with Crippen LogP contribution in [0.3, 0.4) is 0 Å². The van der Waals surface area contributed by atoms with Gasteiger partial charge in [0, 0.05) is 18.6 Å². The zero-order valence-electron chi connectivity index (χ0n) is 21.2. The molecule has 4 unspecified atom stereocenters. The molecule has 2 rings (SSSR count). The molecule has 0 saturated heterocycles. The van der Waals surface area contributed by atoms with Crippen LogP contribution in [0.4, 0.5) is 0 Å². The van der Waals surface area contributed by atoms with Gasteiger partial charge in [0.1, 0.15) is 18.1 Å². The minimum atomic E-state index is -1.20. The van der Waals surface area contributed by atoms with Crippen LogP contribution in [-0.4, -0.2) is 65.3 Å². The monoisotopic (exact) mass is 543 g/mol. The molecule has 38 heavy (non-hydrogen) atoms. The number of carbonyl (C=O) groups is 4. The highest BCUT2D eigenvalue weighted by atomic mass is 32.1. The molecule has 0 radical (unpaired) electrons. The molecule has 0 aromatic heterocycles. The predicted molar refractivity (Wildman–Crippen MR) is 148 cm³/mol. The van der Waals surface area contributed by atoms with E-state index < -0.39 is 47.9 Å². The lowest BCUT2D eigenvalue weighted by Crippen LogP contribution is -2.58. The van der Waals surface area contributed by atoms with Crippen molar-refractivity contribution >= 4 is 36.3 Å². The molecule has 10 nitrogen and oxygen atoms in total. The molecule has 0 aliphatic heterocycles. The van der Waals surface area contributed by atoms with Crippen molar-refractivity contribution in [1.82, 2.24) is 16.0 Å². The summed E-state index contributed by atoms with van der Waals surface area (Å²) in [7, 11) is 0. The van der Waals surface area contributed by atoms with Crippen LogP contribution in [0, 0.1) is 0 Å². The molecule has 3 amide bonds. The average molecular weight is 544 g/mol. The lowest BCUT2D eigenvalue weighted by Gasteiger charge is -2.25. The Kier molecular flexibility index (Phi) is 13.3. The second-order valence-electron chi connectivity index (χ2n) is 8.97. The molecular formula is C27H37N5O5S. The fourth-order valence-corrected chi connectivity index (χ4v) is 4.02. The summed E-state index contributed by atoms with van der Waals surface area (Å²) in [5.41, 5.74) is 12.9. The maximum absolute atomic E-state index is 13.3. The van der Waals surface area contributed by atoms with Crippen LogP contribution in [0.15, 0.2) is 60.7 Å². The highest BCUT2D eigenvalue weighted by Gasteiger charge is 2.30. The predicted octanol–water partition coefficient (Wildman–Crippen LogP) is 0.397. The highest BCUT2D eigenvalue weighted by Crippen LogP contribution is 2.08. The summed E-state index contributed by atoms with van der Waals surface area (Å²) in [6, 6.07) is 13.8. The minimum absolute atomic E-state index is 0.0292. The largest absolute Gasteiger partial charge is 0.480 e. The van der Waals surface area contributed by atoms with E-state index in [1.54, 1.807) is 48.5 Å². The first-order chi connectivity index (χ1) is 18.2. The number of rotatable bonds is 16. The molecule has 0 saturated carbocycles. The van der Waals surface area contributed by atoms with Gasteiger partial charge in [-0.15, -0.1) is 0 Å². The van der Waals surface area contributed by atoms with E-state index in [1.165, 1.54) is 0 Å². The summed E-state index contributed by atoms with van der Waals surface area (Å²) in [6.45, 7) is 0.495. The molecule has 8 N–H and O–H groups in total. The fraction of sp³-hybridized carbons (Fsp3) is 0.407. The molecule has 0 heterocycles. The number of amides is 3. The average Bonchev–Trinajstić information content (AvgIpc) is 2.91. The van der Waals surface area contributed by atoms with Crippen molar-refractivity contribution < 1.29 is 24.3 Å². The van der Waals surface area contributed by atoms with Crippen LogP contribution in [0.5, 0.6) is 0 Å². The van der Waals surface area contributed by atoms with Crippen molar-refractivity contribution in [3.63, 3.8) is 0 Å². The van der Waals surface area contributed by atoms with E-state index in [9.17, 15) is 24.3 Å². The smallest absolute Gasteiger partial charge is 0.326 e. The molecule has 2 aromatic carbocycles. The van der Waals surface area contributed by atoms with E-state index in [1.807, 2.05) is 12.1 Å². The maximum Gasteiger partial charge on any atom is 0.326 e. The number of unbranched alkanes of at least 4 members (excludes halogenated alkanes) is 1. The van der Waals surface area contributed by atoms with Gasteiger partial charge in [-0.1, -0.05) is 67.1 Å². The topological polar surface area (TPSA) is 177 Å². The third-order valence-corrected chi connectivity index (χ3v) is 6.30. The first-order valence-electron chi connectivity index (χ1n) is 12.5. The lowest BCUT2D eigenvalue weighted by molar-refractivity contribution is -0.142. The van der Waals surface area contributed by atoms with Gasteiger partial charge in [-0.2, -0.15) is 12.6 Å². The van der Waals surface area contributed by atoms with Gasteiger partial charge >= 0.3 is 5.97 Å². The Labute approximate surface area is 228 Å². The van der Waals surface area contributed by atoms with Crippen LogP contribution in [0.2, 0.25) is 0 Å². The number of nitrogens with one attached hydrogen (secondary N) is 3. The number of carboxylic acids is 1. The first kappa shape index (κ1) is 30.8. The van der Waals surface area contributed by atoms with Gasteiger partial charge in [-0.3, -0.25) is 14.4 Å². The quantitative estimate of drug-likeness (QED) is 0.118. The molecule has 0 spiro atoms. The fourth-order valence-electron chi connectivity index (χ4n) is 3.77. The maximum atomic E-state index is 13.3. The van der Waals surface area contributed by atoms with Gasteiger partial charge in [0.2, 0.25) is 17.7 Å². The van der Waals surface area contributed by atoms with E-state index in [0.29, 0.717) is 19.4 Å². The van der Waals surface area contributed by atoms with Gasteiger partial charge in [0.05, 0.1) is 6.04 Å². The van der Waals surface area contributed by atoms with Gasteiger partial charge < -0.3 is 32.5 Å². The number of thiol groups is 1. The SMILES string of the molecule is NCCCCC(N)C(=O)NC(CS)C(=O)NC(Cc1ccccc1)C(=O)NC(Cc1ccccc1)C(=O)O. The van der Waals surface area contributed by atoms with Crippen LogP contribution in [0.25, 0.3) is 0 Å². The first-order valence-corrected chi connectivity index (χ1v) is 13.2. The zero-order valence-corrected chi connectivity index (χ0v) is 22.1. The Balaban J connectivity index is 2.13. The summed E-state index contributed by atoms with van der Waals surface area (Å²) >= 11 is 4.18. The second kappa shape index (κ2) is 16.4. The molecule has 4 atom stereocenters. The summed E-state index contributed by atoms with van der Waals surface area (Å²) in [5, 5.41) is 17.5. The third-order valence-electron chi connectivity index (χ3n) is 5.93. The number of carbonyl (C=O) groups excluding carboxylic acids is 3. The molecule has 0 bridgehead atoms. The van der Waals surface area contributed by atoms with Crippen LogP contribution in [-0.2, 0) is 32.0 Å². The Hall–Kier alpha value is -3.41. The van der Waals surface area contributed by atoms with E-state index in [0.717, 1.165) is 17.5 Å². The normalized spacial score (nSPS) is 14.0. The van der Waals surface area contributed by atoms with Crippen molar-refractivity contribution in [1.29, 1.82) is 0 Å². The van der Waals surface area contributed by atoms with Crippen molar-refractivity contribution in [3.8, 4) is 0 Å². The molecular weight excluding hydrogens is 506 g/mol. The van der Waals surface area contributed by atoms with E-state index in [-0.39, 0.29) is 18.6 Å². The Morgan fingerprint density at radius 1 is 0.737 bits per heavy atom. The minimum Gasteiger partial charge on any atom is -0.480 e. The lowest BCUT2D eigenvalue weighted by atomic mass is 10.0. The number of benzene rings is 2. The van der Waals surface area contributed by atoms with Gasteiger partial charge in [-0.05, 0) is 30.5 Å². The Morgan fingerprint density at radius 2 is 1.21 bits per heavy atom. The van der Waals surface area contributed by atoms with E-state index >= 15 is 0 Å². The summed E-state index contributed by atoms with van der Waals surface area (Å²) in [6.07, 6.45) is 2.01. The standard InChI is InChI=1S/C27H37N5O5S/c28-14-8-7-13-20(29)24(33)32-23(17-38)26(35)30-21(15-18-9-3-1-4-10-18)25(34)31-22(27(36)37)16-19-11-5-2-6-12-19/h1-6,9-12,20-23,38H,7-8,13-17,28-29H2,(H,30,35)(H,31,34)(H,32,33)(H,36,37). The number of aliphatic carboxylic acids is 1. The van der Waals surface area contributed by atoms with Crippen molar-refractivity contribution in [2.45, 2.75) is 56.3 Å². The number of hydrogen-bond acceptors (Lipinski definition) is 7. The molecule has 11 heteroatoms. The molecule has 0 aliphatic rings. The zero-order chi connectivity index (χ0) is 27.9.